The quantitative estimate of drug-likeness (QED) is 0.745. The molecule has 0 fully saturated rings. The maximum atomic E-state index is 5.76. The molecule has 0 amide bonds. The Balaban J connectivity index is 2.18. The van der Waals surface area contributed by atoms with Gasteiger partial charge in [-0.1, -0.05) is 46.3 Å². The van der Waals surface area contributed by atoms with Crippen molar-refractivity contribution >= 4 is 54.8 Å². The minimum absolute atomic E-state index is 0.380. The zero-order valence-electron chi connectivity index (χ0n) is 9.99. The fourth-order valence-electron chi connectivity index (χ4n) is 1.72. The molecule has 0 aliphatic rings. The van der Waals surface area contributed by atoms with Crippen LogP contribution in [0.15, 0.2) is 51.4 Å². The second-order valence-electron chi connectivity index (χ2n) is 4.01. The van der Waals surface area contributed by atoms with E-state index in [1.54, 1.807) is 0 Å². The van der Waals surface area contributed by atoms with E-state index in [9.17, 15) is 0 Å². The van der Waals surface area contributed by atoms with Crippen LogP contribution in [0.2, 0.25) is 0 Å². The van der Waals surface area contributed by atoms with Gasteiger partial charge in [-0.3, -0.25) is 0 Å². The summed E-state index contributed by atoms with van der Waals surface area (Å²) in [5.41, 5.74) is 8.73. The van der Waals surface area contributed by atoms with Crippen LogP contribution in [0.4, 0.5) is 5.69 Å². The van der Waals surface area contributed by atoms with Crippen LogP contribution in [-0.2, 0) is 6.54 Å². The molecule has 0 bridgehead atoms. The molecule has 0 aliphatic carbocycles. The second kappa shape index (κ2) is 6.50. The largest absolute Gasteiger partial charge is 0.389 e. The van der Waals surface area contributed by atoms with Crippen LogP contribution in [-0.4, -0.2) is 4.99 Å². The SMILES string of the molecule is NC(=S)c1c(Br)cccc1NCc1ccc(Br)cc1. The molecule has 2 aromatic rings. The lowest BCUT2D eigenvalue weighted by Gasteiger charge is -2.12. The molecular weight excluding hydrogens is 388 g/mol. The van der Waals surface area contributed by atoms with E-state index in [0.29, 0.717) is 4.99 Å². The predicted molar refractivity (Wildman–Crippen MR) is 91.5 cm³/mol. The first-order valence-corrected chi connectivity index (χ1v) is 7.64. The number of hydrogen-bond donors (Lipinski definition) is 2. The summed E-state index contributed by atoms with van der Waals surface area (Å²) >= 11 is 12.0. The number of thiocarbonyl (C=S) groups is 1. The van der Waals surface area contributed by atoms with Crippen molar-refractivity contribution in [2.45, 2.75) is 6.54 Å². The van der Waals surface area contributed by atoms with Gasteiger partial charge >= 0.3 is 0 Å². The first kappa shape index (κ1) is 14.5. The molecule has 0 heterocycles. The third-order valence-corrected chi connectivity index (χ3v) is 4.05. The number of hydrogen-bond acceptors (Lipinski definition) is 2. The Morgan fingerprint density at radius 3 is 2.42 bits per heavy atom. The van der Waals surface area contributed by atoms with Crippen molar-refractivity contribution in [1.82, 2.24) is 0 Å². The van der Waals surface area contributed by atoms with Gasteiger partial charge in [0.1, 0.15) is 4.99 Å². The predicted octanol–water partition coefficient (Wildman–Crippen LogP) is 4.46. The fourth-order valence-corrected chi connectivity index (χ4v) is 2.92. The lowest BCUT2D eigenvalue weighted by molar-refractivity contribution is 1.14. The zero-order valence-corrected chi connectivity index (χ0v) is 14.0. The highest BCUT2D eigenvalue weighted by Crippen LogP contribution is 2.25. The number of rotatable bonds is 4. The molecule has 2 rings (SSSR count). The summed E-state index contributed by atoms with van der Waals surface area (Å²) in [5.74, 6) is 0. The van der Waals surface area contributed by atoms with Crippen LogP contribution in [0.25, 0.3) is 0 Å². The summed E-state index contributed by atoms with van der Waals surface area (Å²) in [6.45, 7) is 0.722. The standard InChI is InChI=1S/C14H12Br2N2S/c15-10-6-4-9(5-7-10)8-18-12-3-1-2-11(16)13(12)14(17)19/h1-7,18H,8H2,(H2,17,19). The van der Waals surface area contributed by atoms with Gasteiger partial charge in [0.2, 0.25) is 0 Å². The van der Waals surface area contributed by atoms with E-state index in [1.807, 2.05) is 30.3 Å². The van der Waals surface area contributed by atoms with Crippen molar-refractivity contribution < 1.29 is 0 Å². The Labute approximate surface area is 134 Å². The molecule has 19 heavy (non-hydrogen) atoms. The van der Waals surface area contributed by atoms with E-state index in [0.717, 1.165) is 26.7 Å². The van der Waals surface area contributed by atoms with Crippen molar-refractivity contribution in [3.05, 3.63) is 62.5 Å². The van der Waals surface area contributed by atoms with Crippen LogP contribution in [0.5, 0.6) is 0 Å². The second-order valence-corrected chi connectivity index (χ2v) is 6.22. The van der Waals surface area contributed by atoms with E-state index < -0.39 is 0 Å². The van der Waals surface area contributed by atoms with Crippen LogP contribution < -0.4 is 11.1 Å². The lowest BCUT2D eigenvalue weighted by Crippen LogP contribution is -2.14. The molecule has 98 valence electrons. The smallest absolute Gasteiger partial charge is 0.107 e. The van der Waals surface area contributed by atoms with Gasteiger partial charge in [-0.2, -0.15) is 0 Å². The van der Waals surface area contributed by atoms with Crippen LogP contribution in [0.3, 0.4) is 0 Å². The minimum atomic E-state index is 0.380. The molecule has 0 aromatic heterocycles. The van der Waals surface area contributed by atoms with Crippen molar-refractivity contribution in [3.8, 4) is 0 Å². The van der Waals surface area contributed by atoms with Gasteiger partial charge in [0.25, 0.3) is 0 Å². The summed E-state index contributed by atoms with van der Waals surface area (Å²) < 4.78 is 1.98. The fraction of sp³-hybridized carbons (Fsp3) is 0.0714. The number of nitrogens with one attached hydrogen (secondary N) is 1. The third kappa shape index (κ3) is 3.78. The van der Waals surface area contributed by atoms with E-state index in [-0.39, 0.29) is 0 Å². The monoisotopic (exact) mass is 398 g/mol. The Kier molecular flexibility index (Phi) is 4.96. The molecule has 0 spiro atoms. The highest BCUT2D eigenvalue weighted by molar-refractivity contribution is 9.10. The average Bonchev–Trinajstić information content (AvgIpc) is 2.37. The molecule has 0 saturated carbocycles. The summed E-state index contributed by atoms with van der Waals surface area (Å²) in [6.07, 6.45) is 0. The van der Waals surface area contributed by atoms with Crippen molar-refractivity contribution in [1.29, 1.82) is 0 Å². The molecule has 5 heteroatoms. The highest BCUT2D eigenvalue weighted by Gasteiger charge is 2.08. The van der Waals surface area contributed by atoms with Crippen molar-refractivity contribution in [2.75, 3.05) is 5.32 Å². The van der Waals surface area contributed by atoms with Gasteiger partial charge < -0.3 is 11.1 Å². The van der Waals surface area contributed by atoms with Gasteiger partial charge in [0, 0.05) is 26.7 Å². The molecule has 0 atom stereocenters. The van der Waals surface area contributed by atoms with Gasteiger partial charge in [-0.05, 0) is 45.8 Å². The number of nitrogens with two attached hydrogens (primary N) is 1. The molecule has 2 nitrogen and oxygen atoms in total. The molecule has 2 aromatic carbocycles. The first-order chi connectivity index (χ1) is 9.08. The Bertz CT molecular complexity index is 597. The number of benzene rings is 2. The van der Waals surface area contributed by atoms with Gasteiger partial charge in [-0.25, -0.2) is 0 Å². The van der Waals surface area contributed by atoms with E-state index in [4.69, 9.17) is 18.0 Å². The lowest BCUT2D eigenvalue weighted by atomic mass is 10.1. The summed E-state index contributed by atoms with van der Waals surface area (Å²) in [4.78, 5) is 0.380. The summed E-state index contributed by atoms with van der Waals surface area (Å²) in [7, 11) is 0. The third-order valence-electron chi connectivity index (χ3n) is 2.66. The average molecular weight is 400 g/mol. The van der Waals surface area contributed by atoms with Crippen LogP contribution in [0.1, 0.15) is 11.1 Å². The normalized spacial score (nSPS) is 10.2. The van der Waals surface area contributed by atoms with Gasteiger partial charge in [0.05, 0.1) is 0 Å². The maximum Gasteiger partial charge on any atom is 0.107 e. The van der Waals surface area contributed by atoms with Crippen LogP contribution in [0, 0.1) is 0 Å². The van der Waals surface area contributed by atoms with Crippen molar-refractivity contribution in [2.24, 2.45) is 5.73 Å². The summed E-state index contributed by atoms with van der Waals surface area (Å²) in [5, 5.41) is 3.36. The topological polar surface area (TPSA) is 38.0 Å². The zero-order chi connectivity index (χ0) is 13.8. The van der Waals surface area contributed by atoms with E-state index in [1.165, 1.54) is 5.56 Å². The molecular formula is C14H12Br2N2S. The van der Waals surface area contributed by atoms with Gasteiger partial charge in [0.15, 0.2) is 0 Å². The van der Waals surface area contributed by atoms with E-state index in [2.05, 4.69) is 49.3 Å². The Morgan fingerprint density at radius 1 is 1.11 bits per heavy atom. The number of anilines is 1. The Hall–Kier alpha value is -0.910. The molecule has 3 N–H and O–H groups in total. The van der Waals surface area contributed by atoms with Crippen LogP contribution >= 0.6 is 44.1 Å². The number of halogens is 2. The maximum absolute atomic E-state index is 5.76. The molecule has 0 saturated heterocycles. The van der Waals surface area contributed by atoms with E-state index >= 15 is 0 Å². The minimum Gasteiger partial charge on any atom is -0.389 e. The van der Waals surface area contributed by atoms with Gasteiger partial charge in [-0.15, -0.1) is 0 Å². The van der Waals surface area contributed by atoms with Crippen molar-refractivity contribution in [3.63, 3.8) is 0 Å². The molecule has 0 unspecified atom stereocenters. The highest BCUT2D eigenvalue weighted by atomic mass is 79.9. The molecule has 0 radical (unpaired) electrons. The Morgan fingerprint density at radius 2 is 1.79 bits per heavy atom. The molecule has 0 aliphatic heterocycles. The first-order valence-electron chi connectivity index (χ1n) is 5.64. The summed E-state index contributed by atoms with van der Waals surface area (Å²) in [6, 6.07) is 14.0.